The third-order valence-corrected chi connectivity index (χ3v) is 4.88. The van der Waals surface area contributed by atoms with E-state index in [4.69, 9.17) is 23.2 Å². The molecular formula is C13H11Cl2NO2S. The zero-order valence-electron chi connectivity index (χ0n) is 10.0. The first kappa shape index (κ1) is 14.2. The van der Waals surface area contributed by atoms with Gasteiger partial charge in [-0.2, -0.15) is 0 Å². The SMILES string of the molecule is CN(c1cccc(Cl)c1)S(=O)(=O)c1cccc(Cl)c1. The van der Waals surface area contributed by atoms with E-state index in [0.717, 1.165) is 0 Å². The van der Waals surface area contributed by atoms with E-state index in [-0.39, 0.29) is 4.90 Å². The monoisotopic (exact) mass is 315 g/mol. The molecule has 19 heavy (non-hydrogen) atoms. The van der Waals surface area contributed by atoms with E-state index < -0.39 is 10.0 Å². The lowest BCUT2D eigenvalue weighted by Gasteiger charge is -2.19. The summed E-state index contributed by atoms with van der Waals surface area (Å²) in [6.07, 6.45) is 0. The number of sulfonamides is 1. The van der Waals surface area contributed by atoms with Crippen molar-refractivity contribution < 1.29 is 8.42 Å². The lowest BCUT2D eigenvalue weighted by Crippen LogP contribution is -2.26. The van der Waals surface area contributed by atoms with Crippen LogP contribution in [0, 0.1) is 0 Å². The summed E-state index contributed by atoms with van der Waals surface area (Å²) in [6.45, 7) is 0. The quantitative estimate of drug-likeness (QED) is 0.863. The number of nitrogens with zero attached hydrogens (tertiary/aromatic N) is 1. The first-order chi connectivity index (χ1) is 8.91. The van der Waals surface area contributed by atoms with Gasteiger partial charge in [-0.25, -0.2) is 8.42 Å². The number of benzene rings is 2. The molecule has 0 aromatic heterocycles. The summed E-state index contributed by atoms with van der Waals surface area (Å²) in [5.41, 5.74) is 0.493. The van der Waals surface area contributed by atoms with Gasteiger partial charge in [0.05, 0.1) is 10.6 Å². The van der Waals surface area contributed by atoms with Crippen LogP contribution in [0.4, 0.5) is 5.69 Å². The Morgan fingerprint density at radius 1 is 0.947 bits per heavy atom. The van der Waals surface area contributed by atoms with E-state index in [1.54, 1.807) is 36.4 Å². The number of halogens is 2. The number of rotatable bonds is 3. The van der Waals surface area contributed by atoms with Gasteiger partial charge in [0.25, 0.3) is 10.0 Å². The van der Waals surface area contributed by atoms with Gasteiger partial charge in [-0.05, 0) is 36.4 Å². The Labute approximate surface area is 122 Å². The van der Waals surface area contributed by atoms with Crippen LogP contribution in [-0.2, 0) is 10.0 Å². The standard InChI is InChI=1S/C13H11Cl2NO2S/c1-16(12-6-2-4-10(14)8-12)19(17,18)13-7-3-5-11(15)9-13/h2-9H,1H3. The average molecular weight is 316 g/mol. The van der Waals surface area contributed by atoms with Crippen molar-refractivity contribution in [2.75, 3.05) is 11.4 Å². The van der Waals surface area contributed by atoms with Crippen molar-refractivity contribution in [3.63, 3.8) is 0 Å². The summed E-state index contributed by atoms with van der Waals surface area (Å²) in [5.74, 6) is 0. The zero-order chi connectivity index (χ0) is 14.0. The van der Waals surface area contributed by atoms with Crippen molar-refractivity contribution in [3.05, 3.63) is 58.6 Å². The second kappa shape index (κ2) is 5.41. The summed E-state index contributed by atoms with van der Waals surface area (Å²) >= 11 is 11.7. The Hall–Kier alpha value is -1.23. The minimum atomic E-state index is -3.64. The molecule has 0 amide bonds. The molecule has 100 valence electrons. The molecule has 0 aliphatic carbocycles. The topological polar surface area (TPSA) is 37.4 Å². The van der Waals surface area contributed by atoms with Crippen LogP contribution in [0.1, 0.15) is 0 Å². The van der Waals surface area contributed by atoms with Crippen LogP contribution in [0.3, 0.4) is 0 Å². The van der Waals surface area contributed by atoms with Gasteiger partial charge >= 0.3 is 0 Å². The highest BCUT2D eigenvalue weighted by atomic mass is 35.5. The minimum Gasteiger partial charge on any atom is -0.269 e. The molecule has 6 heteroatoms. The highest BCUT2D eigenvalue weighted by molar-refractivity contribution is 7.92. The first-order valence-corrected chi connectivity index (χ1v) is 7.61. The highest BCUT2D eigenvalue weighted by Crippen LogP contribution is 2.25. The van der Waals surface area contributed by atoms with E-state index in [1.807, 2.05) is 0 Å². The second-order valence-electron chi connectivity index (χ2n) is 3.91. The second-order valence-corrected chi connectivity index (χ2v) is 6.75. The molecule has 0 aliphatic heterocycles. The summed E-state index contributed by atoms with van der Waals surface area (Å²) < 4.78 is 26.0. The molecule has 0 radical (unpaired) electrons. The van der Waals surface area contributed by atoms with Gasteiger partial charge < -0.3 is 0 Å². The largest absolute Gasteiger partial charge is 0.269 e. The van der Waals surface area contributed by atoms with E-state index in [9.17, 15) is 8.42 Å². The van der Waals surface area contributed by atoms with Crippen LogP contribution in [0.25, 0.3) is 0 Å². The van der Waals surface area contributed by atoms with E-state index in [2.05, 4.69) is 0 Å². The summed E-state index contributed by atoms with van der Waals surface area (Å²) in [4.78, 5) is 0.141. The molecule has 0 saturated carbocycles. The molecule has 0 atom stereocenters. The molecule has 3 nitrogen and oxygen atoms in total. The smallest absolute Gasteiger partial charge is 0.264 e. The van der Waals surface area contributed by atoms with Crippen molar-refractivity contribution in [2.24, 2.45) is 0 Å². The maximum absolute atomic E-state index is 12.4. The van der Waals surface area contributed by atoms with Gasteiger partial charge in [0.2, 0.25) is 0 Å². The Balaban J connectivity index is 2.45. The van der Waals surface area contributed by atoms with Crippen LogP contribution in [0.15, 0.2) is 53.4 Å². The number of anilines is 1. The van der Waals surface area contributed by atoms with Crippen molar-refractivity contribution in [2.45, 2.75) is 4.90 Å². The molecule has 0 heterocycles. The molecule has 0 unspecified atom stereocenters. The Bertz CT molecular complexity index is 701. The van der Waals surface area contributed by atoms with Crippen molar-refractivity contribution in [1.82, 2.24) is 0 Å². The Morgan fingerprint density at radius 3 is 2.11 bits per heavy atom. The van der Waals surface area contributed by atoms with E-state index in [1.165, 1.54) is 23.5 Å². The minimum absolute atomic E-state index is 0.141. The molecule has 0 saturated heterocycles. The summed E-state index contributed by atoms with van der Waals surface area (Å²) in [6, 6.07) is 12.8. The molecular weight excluding hydrogens is 305 g/mol. The van der Waals surface area contributed by atoms with Crippen molar-refractivity contribution in [3.8, 4) is 0 Å². The van der Waals surface area contributed by atoms with E-state index >= 15 is 0 Å². The van der Waals surface area contributed by atoms with Crippen LogP contribution >= 0.6 is 23.2 Å². The number of hydrogen-bond donors (Lipinski definition) is 0. The summed E-state index contributed by atoms with van der Waals surface area (Å²) in [7, 11) is -2.17. The van der Waals surface area contributed by atoms with E-state index in [0.29, 0.717) is 15.7 Å². The predicted octanol–water partition coefficient (Wildman–Crippen LogP) is 3.82. The maximum atomic E-state index is 12.4. The lowest BCUT2D eigenvalue weighted by atomic mass is 10.3. The Morgan fingerprint density at radius 2 is 1.53 bits per heavy atom. The molecule has 0 fully saturated rings. The first-order valence-electron chi connectivity index (χ1n) is 5.41. The summed E-state index contributed by atoms with van der Waals surface area (Å²) in [5, 5.41) is 0.853. The fourth-order valence-corrected chi connectivity index (χ4v) is 3.27. The highest BCUT2D eigenvalue weighted by Gasteiger charge is 2.21. The van der Waals surface area contributed by atoms with Gasteiger partial charge in [0.15, 0.2) is 0 Å². The van der Waals surface area contributed by atoms with Crippen LogP contribution in [0.5, 0.6) is 0 Å². The molecule has 2 rings (SSSR count). The molecule has 0 spiro atoms. The number of hydrogen-bond acceptors (Lipinski definition) is 2. The fraction of sp³-hybridized carbons (Fsp3) is 0.0769. The predicted molar refractivity (Wildman–Crippen MR) is 78.5 cm³/mol. The zero-order valence-corrected chi connectivity index (χ0v) is 12.4. The third-order valence-electron chi connectivity index (χ3n) is 2.63. The molecule has 2 aromatic carbocycles. The van der Waals surface area contributed by atoms with Gasteiger partial charge in [-0.3, -0.25) is 4.31 Å². The fourth-order valence-electron chi connectivity index (χ4n) is 1.60. The van der Waals surface area contributed by atoms with Crippen LogP contribution in [0.2, 0.25) is 10.0 Å². The van der Waals surface area contributed by atoms with Gasteiger partial charge in [-0.1, -0.05) is 35.3 Å². The molecule has 0 N–H and O–H groups in total. The van der Waals surface area contributed by atoms with Crippen molar-refractivity contribution in [1.29, 1.82) is 0 Å². The average Bonchev–Trinajstić information content (AvgIpc) is 2.38. The Kier molecular flexibility index (Phi) is 4.04. The molecule has 0 aliphatic rings. The normalized spacial score (nSPS) is 11.3. The van der Waals surface area contributed by atoms with Crippen LogP contribution < -0.4 is 4.31 Å². The van der Waals surface area contributed by atoms with Gasteiger partial charge in [0.1, 0.15) is 0 Å². The lowest BCUT2D eigenvalue weighted by molar-refractivity contribution is 0.594. The van der Waals surface area contributed by atoms with Gasteiger partial charge in [0, 0.05) is 17.1 Å². The third kappa shape index (κ3) is 3.03. The maximum Gasteiger partial charge on any atom is 0.264 e. The van der Waals surface area contributed by atoms with Gasteiger partial charge in [-0.15, -0.1) is 0 Å². The molecule has 0 bridgehead atoms. The molecule has 2 aromatic rings. The van der Waals surface area contributed by atoms with Crippen molar-refractivity contribution >= 4 is 38.9 Å². The van der Waals surface area contributed by atoms with Crippen LogP contribution in [-0.4, -0.2) is 15.5 Å².